The van der Waals surface area contributed by atoms with E-state index < -0.39 is 11.7 Å². The Hall–Kier alpha value is -1.17. The number of rotatable bonds is 1. The lowest BCUT2D eigenvalue weighted by Crippen LogP contribution is -2.17. The van der Waals surface area contributed by atoms with Crippen LogP contribution >= 0.6 is 15.9 Å². The van der Waals surface area contributed by atoms with Gasteiger partial charge >= 0.3 is 6.18 Å². The SMILES string of the molecule is NC1=CC(c2ccc(Br)cc2C(F)(F)F)CN1. The van der Waals surface area contributed by atoms with Crippen LogP contribution in [0.25, 0.3) is 0 Å². The quantitative estimate of drug-likeness (QED) is 0.837. The van der Waals surface area contributed by atoms with Crippen LogP contribution in [0.3, 0.4) is 0 Å². The fourth-order valence-corrected chi connectivity index (χ4v) is 2.22. The molecule has 1 aliphatic heterocycles. The summed E-state index contributed by atoms with van der Waals surface area (Å²) in [6.07, 6.45) is -2.75. The van der Waals surface area contributed by atoms with Gasteiger partial charge in [-0.3, -0.25) is 0 Å². The normalized spacial score (nSPS) is 20.0. The molecule has 2 nitrogen and oxygen atoms in total. The molecule has 0 saturated carbocycles. The van der Waals surface area contributed by atoms with Crippen molar-refractivity contribution < 1.29 is 13.2 Å². The van der Waals surface area contributed by atoms with Crippen molar-refractivity contribution in [3.63, 3.8) is 0 Å². The van der Waals surface area contributed by atoms with Gasteiger partial charge in [0, 0.05) is 16.9 Å². The van der Waals surface area contributed by atoms with E-state index in [1.54, 1.807) is 12.1 Å². The minimum atomic E-state index is -4.36. The largest absolute Gasteiger partial charge is 0.416 e. The third-order valence-electron chi connectivity index (χ3n) is 2.63. The molecule has 17 heavy (non-hydrogen) atoms. The first-order chi connectivity index (χ1) is 7.88. The second-order valence-corrected chi connectivity index (χ2v) is 4.75. The predicted molar refractivity (Wildman–Crippen MR) is 62.2 cm³/mol. The summed E-state index contributed by atoms with van der Waals surface area (Å²) >= 11 is 3.05. The Morgan fingerprint density at radius 3 is 2.59 bits per heavy atom. The average Bonchev–Trinajstić information content (AvgIpc) is 2.63. The van der Waals surface area contributed by atoms with E-state index >= 15 is 0 Å². The Kier molecular flexibility index (Phi) is 3.07. The van der Waals surface area contributed by atoms with E-state index in [1.165, 1.54) is 6.07 Å². The van der Waals surface area contributed by atoms with Crippen LogP contribution in [-0.4, -0.2) is 6.54 Å². The van der Waals surface area contributed by atoms with Gasteiger partial charge in [0.25, 0.3) is 0 Å². The first-order valence-electron chi connectivity index (χ1n) is 4.96. The van der Waals surface area contributed by atoms with E-state index in [9.17, 15) is 13.2 Å². The Bertz CT molecular complexity index is 468. The molecule has 1 heterocycles. The maximum atomic E-state index is 12.9. The van der Waals surface area contributed by atoms with Gasteiger partial charge in [0.1, 0.15) is 0 Å². The molecule has 92 valence electrons. The highest BCUT2D eigenvalue weighted by Crippen LogP contribution is 2.38. The van der Waals surface area contributed by atoms with Crippen LogP contribution < -0.4 is 11.1 Å². The molecule has 1 atom stereocenters. The van der Waals surface area contributed by atoms with Gasteiger partial charge in [-0.1, -0.05) is 22.0 Å². The summed E-state index contributed by atoms with van der Waals surface area (Å²) in [6.45, 7) is 0.399. The van der Waals surface area contributed by atoms with E-state index in [1.807, 2.05) is 0 Å². The van der Waals surface area contributed by atoms with Gasteiger partial charge in [-0.2, -0.15) is 13.2 Å². The first-order valence-corrected chi connectivity index (χ1v) is 5.75. The Morgan fingerprint density at radius 2 is 2.06 bits per heavy atom. The smallest absolute Gasteiger partial charge is 0.386 e. The van der Waals surface area contributed by atoms with Gasteiger partial charge < -0.3 is 11.1 Å². The molecule has 1 aromatic rings. The molecule has 2 rings (SSSR count). The Labute approximate surface area is 105 Å². The van der Waals surface area contributed by atoms with Gasteiger partial charge in [-0.05, 0) is 23.8 Å². The predicted octanol–water partition coefficient (Wildman–Crippen LogP) is 2.95. The maximum Gasteiger partial charge on any atom is 0.416 e. The summed E-state index contributed by atoms with van der Waals surface area (Å²) in [5.41, 5.74) is 5.13. The molecule has 1 aromatic carbocycles. The molecule has 0 saturated heterocycles. The molecule has 3 N–H and O–H groups in total. The molecular weight excluding hydrogens is 297 g/mol. The molecule has 0 bridgehead atoms. The standard InChI is InChI=1S/C11H10BrF3N2/c12-7-1-2-8(6-3-10(16)17-5-6)9(4-7)11(13,14)15/h1-4,6,17H,5,16H2. The van der Waals surface area contributed by atoms with Gasteiger partial charge in [0.05, 0.1) is 11.4 Å². The second kappa shape index (κ2) is 4.25. The van der Waals surface area contributed by atoms with Crippen LogP contribution in [0.2, 0.25) is 0 Å². The molecule has 1 unspecified atom stereocenters. The van der Waals surface area contributed by atoms with Crippen molar-refractivity contribution in [3.8, 4) is 0 Å². The second-order valence-electron chi connectivity index (χ2n) is 3.84. The minimum absolute atomic E-state index is 0.244. The van der Waals surface area contributed by atoms with Crippen molar-refractivity contribution in [1.82, 2.24) is 5.32 Å². The van der Waals surface area contributed by atoms with Crippen molar-refractivity contribution in [2.24, 2.45) is 5.73 Å². The van der Waals surface area contributed by atoms with Gasteiger partial charge in [0.2, 0.25) is 0 Å². The Balaban J connectivity index is 2.47. The van der Waals surface area contributed by atoms with Gasteiger partial charge in [-0.25, -0.2) is 0 Å². The van der Waals surface area contributed by atoms with Crippen LogP contribution in [0.4, 0.5) is 13.2 Å². The number of halogens is 4. The molecule has 0 radical (unpaired) electrons. The fourth-order valence-electron chi connectivity index (χ4n) is 1.86. The average molecular weight is 307 g/mol. The third-order valence-corrected chi connectivity index (χ3v) is 3.12. The van der Waals surface area contributed by atoms with Crippen LogP contribution in [0.1, 0.15) is 17.0 Å². The summed E-state index contributed by atoms with van der Waals surface area (Å²) in [5.74, 6) is 0.0887. The zero-order valence-corrected chi connectivity index (χ0v) is 10.3. The highest BCUT2D eigenvalue weighted by Gasteiger charge is 2.35. The zero-order valence-electron chi connectivity index (χ0n) is 8.68. The summed E-state index contributed by atoms with van der Waals surface area (Å²) < 4.78 is 39.1. The summed E-state index contributed by atoms with van der Waals surface area (Å²) in [7, 11) is 0. The number of nitrogens with two attached hydrogens (primary N) is 1. The van der Waals surface area contributed by atoms with Crippen LogP contribution in [0, 0.1) is 0 Å². The van der Waals surface area contributed by atoms with Crippen molar-refractivity contribution in [2.75, 3.05) is 6.54 Å². The lowest BCUT2D eigenvalue weighted by Gasteiger charge is -2.16. The maximum absolute atomic E-state index is 12.9. The van der Waals surface area contributed by atoms with Crippen molar-refractivity contribution in [2.45, 2.75) is 12.1 Å². The fraction of sp³-hybridized carbons (Fsp3) is 0.273. The summed E-state index contributed by atoms with van der Waals surface area (Å²) in [4.78, 5) is 0. The lowest BCUT2D eigenvalue weighted by molar-refractivity contribution is -0.138. The van der Waals surface area contributed by atoms with Crippen LogP contribution in [0.15, 0.2) is 34.6 Å². The highest BCUT2D eigenvalue weighted by atomic mass is 79.9. The Morgan fingerprint density at radius 1 is 1.35 bits per heavy atom. The summed E-state index contributed by atoms with van der Waals surface area (Å²) in [5, 5.41) is 2.82. The van der Waals surface area contributed by atoms with E-state index in [4.69, 9.17) is 5.73 Å². The molecule has 0 aromatic heterocycles. The lowest BCUT2D eigenvalue weighted by atomic mass is 9.95. The van der Waals surface area contributed by atoms with E-state index in [-0.39, 0.29) is 11.5 Å². The molecule has 0 fully saturated rings. The van der Waals surface area contributed by atoms with E-state index in [0.29, 0.717) is 16.8 Å². The first kappa shape index (κ1) is 12.3. The van der Waals surface area contributed by atoms with Crippen LogP contribution in [-0.2, 0) is 6.18 Å². The van der Waals surface area contributed by atoms with Gasteiger partial charge in [-0.15, -0.1) is 0 Å². The molecule has 6 heteroatoms. The summed E-state index contributed by atoms with van der Waals surface area (Å²) in [6, 6.07) is 4.18. The molecule has 0 amide bonds. The number of alkyl halides is 3. The number of hydrogen-bond acceptors (Lipinski definition) is 2. The van der Waals surface area contributed by atoms with Crippen molar-refractivity contribution in [1.29, 1.82) is 0 Å². The molecular formula is C11H10BrF3N2. The number of benzene rings is 1. The van der Waals surface area contributed by atoms with E-state index in [0.717, 1.165) is 6.07 Å². The van der Waals surface area contributed by atoms with Crippen LogP contribution in [0.5, 0.6) is 0 Å². The van der Waals surface area contributed by atoms with Gasteiger partial charge in [0.15, 0.2) is 0 Å². The third kappa shape index (κ3) is 2.57. The van der Waals surface area contributed by atoms with E-state index in [2.05, 4.69) is 21.2 Å². The molecule has 0 spiro atoms. The topological polar surface area (TPSA) is 38.0 Å². The minimum Gasteiger partial charge on any atom is -0.386 e. The van der Waals surface area contributed by atoms with Crippen molar-refractivity contribution >= 4 is 15.9 Å². The number of hydrogen-bond donors (Lipinski definition) is 2. The molecule has 0 aliphatic carbocycles. The zero-order chi connectivity index (χ0) is 12.6. The highest BCUT2D eigenvalue weighted by molar-refractivity contribution is 9.10. The monoisotopic (exact) mass is 306 g/mol. The van der Waals surface area contributed by atoms with Crippen molar-refractivity contribution in [3.05, 3.63) is 45.7 Å². The number of nitrogens with one attached hydrogen (secondary N) is 1. The molecule has 1 aliphatic rings.